The number of nitrogens with zero attached hydrogens (tertiary/aromatic N) is 1. The summed E-state index contributed by atoms with van der Waals surface area (Å²) in [6.45, 7) is 0. The third kappa shape index (κ3) is 3.83. The van der Waals surface area contributed by atoms with Crippen molar-refractivity contribution in [2.24, 2.45) is 0 Å². The van der Waals surface area contributed by atoms with Crippen LogP contribution in [0.15, 0.2) is 79.1 Å². The second-order valence-corrected chi connectivity index (χ2v) is 5.38. The molecule has 0 bridgehead atoms. The highest BCUT2D eigenvalue weighted by Crippen LogP contribution is 2.28. The normalized spacial score (nSPS) is 11.7. The largest absolute Gasteiger partial charge is 0.355 e. The summed E-state index contributed by atoms with van der Waals surface area (Å²) in [5.41, 5.74) is 4.08. The highest BCUT2D eigenvalue weighted by molar-refractivity contribution is 5.72. The van der Waals surface area contributed by atoms with E-state index in [9.17, 15) is 4.79 Å². The number of rotatable bonds is 6. The summed E-state index contributed by atoms with van der Waals surface area (Å²) in [4.78, 5) is 15.7. The lowest BCUT2D eigenvalue weighted by molar-refractivity contribution is -0.109. The Hall–Kier alpha value is -2.94. The van der Waals surface area contributed by atoms with E-state index >= 15 is 0 Å². The summed E-state index contributed by atoms with van der Waals surface area (Å²) in [6, 6.07) is 21.8. The summed E-state index contributed by atoms with van der Waals surface area (Å²) in [6.07, 6.45) is 5.20. The molecule has 0 fully saturated rings. The maximum Gasteiger partial charge on any atom is 0.127 e. The molecule has 0 radical (unpaired) electrons. The van der Waals surface area contributed by atoms with Crippen molar-refractivity contribution in [1.82, 2.24) is 4.98 Å². The van der Waals surface area contributed by atoms with Crippen molar-refractivity contribution >= 4 is 17.7 Å². The average Bonchev–Trinajstić information content (AvgIpc) is 2.62. The second kappa shape index (κ2) is 7.36. The summed E-state index contributed by atoms with van der Waals surface area (Å²) in [7, 11) is 0. The van der Waals surface area contributed by atoms with Crippen LogP contribution in [-0.4, -0.2) is 11.3 Å². The van der Waals surface area contributed by atoms with Gasteiger partial charge in [-0.25, -0.2) is 0 Å². The Balaban J connectivity index is 1.87. The topological polar surface area (TPSA) is 42.0 Å². The first-order valence-corrected chi connectivity index (χ1v) is 7.62. The number of carbonyl (C=O) groups excluding carboxylic acids is 1. The minimum absolute atomic E-state index is 0.190. The van der Waals surface area contributed by atoms with E-state index in [-0.39, 0.29) is 5.92 Å². The molecular weight excluding hydrogens is 284 g/mol. The van der Waals surface area contributed by atoms with Crippen molar-refractivity contribution in [2.75, 3.05) is 5.32 Å². The van der Waals surface area contributed by atoms with Crippen LogP contribution >= 0.6 is 0 Å². The number of pyridine rings is 1. The summed E-state index contributed by atoms with van der Waals surface area (Å²) in [5, 5.41) is 3.40. The summed E-state index contributed by atoms with van der Waals surface area (Å²) < 4.78 is 0. The number of nitrogens with one attached hydrogen (secondary N) is 1. The molecule has 1 unspecified atom stereocenters. The number of hydrogen-bond donors (Lipinski definition) is 1. The fourth-order valence-corrected chi connectivity index (χ4v) is 2.62. The fraction of sp³-hybridized carbons (Fsp3) is 0.100. The lowest BCUT2D eigenvalue weighted by Gasteiger charge is -2.17. The minimum atomic E-state index is -0.190. The molecule has 1 N–H and O–H groups in total. The van der Waals surface area contributed by atoms with Gasteiger partial charge in [-0.1, -0.05) is 36.4 Å². The monoisotopic (exact) mass is 302 g/mol. The first-order valence-electron chi connectivity index (χ1n) is 7.62. The zero-order valence-electron chi connectivity index (χ0n) is 12.7. The molecule has 0 aliphatic heterocycles. The Morgan fingerprint density at radius 3 is 2.35 bits per heavy atom. The number of anilines is 2. The highest BCUT2D eigenvalue weighted by Gasteiger charge is 2.15. The van der Waals surface area contributed by atoms with Crippen molar-refractivity contribution in [3.63, 3.8) is 0 Å². The first-order chi connectivity index (χ1) is 11.4. The van der Waals surface area contributed by atoms with Gasteiger partial charge in [-0.15, -0.1) is 0 Å². The van der Waals surface area contributed by atoms with Gasteiger partial charge in [-0.05, 0) is 47.9 Å². The van der Waals surface area contributed by atoms with E-state index in [0.717, 1.165) is 28.8 Å². The van der Waals surface area contributed by atoms with Gasteiger partial charge in [0.1, 0.15) is 6.29 Å². The van der Waals surface area contributed by atoms with E-state index in [4.69, 9.17) is 0 Å². The molecular formula is C20H18N2O. The quantitative estimate of drug-likeness (QED) is 0.688. The smallest absolute Gasteiger partial charge is 0.127 e. The Kier molecular flexibility index (Phi) is 4.79. The number of aromatic nitrogens is 1. The Morgan fingerprint density at radius 2 is 1.61 bits per heavy atom. The molecule has 0 amide bonds. The molecule has 3 aromatic rings. The van der Waals surface area contributed by atoms with Crippen LogP contribution in [0.4, 0.5) is 11.4 Å². The maximum absolute atomic E-state index is 11.7. The predicted molar refractivity (Wildman–Crippen MR) is 92.9 cm³/mol. The van der Waals surface area contributed by atoms with Crippen LogP contribution < -0.4 is 5.32 Å². The van der Waals surface area contributed by atoms with E-state index in [0.29, 0.717) is 6.42 Å². The lowest BCUT2D eigenvalue weighted by atomic mass is 9.92. The predicted octanol–water partition coefficient (Wildman–Crippen LogP) is 4.35. The SMILES string of the molecule is O=CC(Cc1ccncc1)c1ccccc1Nc1ccccc1. The van der Waals surface area contributed by atoms with Crippen LogP contribution in [0.2, 0.25) is 0 Å². The van der Waals surface area contributed by atoms with Crippen LogP contribution in [0.3, 0.4) is 0 Å². The highest BCUT2D eigenvalue weighted by atomic mass is 16.1. The molecule has 0 aliphatic rings. The van der Waals surface area contributed by atoms with Crippen molar-refractivity contribution in [2.45, 2.75) is 12.3 Å². The molecule has 0 spiro atoms. The van der Waals surface area contributed by atoms with Crippen LogP contribution in [0.1, 0.15) is 17.0 Å². The first kappa shape index (κ1) is 15.0. The van der Waals surface area contributed by atoms with Crippen molar-refractivity contribution in [3.8, 4) is 0 Å². The van der Waals surface area contributed by atoms with E-state index < -0.39 is 0 Å². The van der Waals surface area contributed by atoms with Crippen molar-refractivity contribution in [3.05, 3.63) is 90.3 Å². The van der Waals surface area contributed by atoms with Crippen LogP contribution in [0, 0.1) is 0 Å². The van der Waals surface area contributed by atoms with Gasteiger partial charge in [0.25, 0.3) is 0 Å². The number of benzene rings is 2. The van der Waals surface area contributed by atoms with E-state index in [1.807, 2.05) is 66.7 Å². The van der Waals surface area contributed by atoms with Gasteiger partial charge in [0, 0.05) is 29.7 Å². The van der Waals surface area contributed by atoms with Gasteiger partial charge < -0.3 is 10.1 Å². The molecule has 2 aromatic carbocycles. The molecule has 0 saturated heterocycles. The minimum Gasteiger partial charge on any atom is -0.355 e. The van der Waals surface area contributed by atoms with Crippen LogP contribution in [-0.2, 0) is 11.2 Å². The fourth-order valence-electron chi connectivity index (χ4n) is 2.62. The van der Waals surface area contributed by atoms with Gasteiger partial charge in [0.05, 0.1) is 0 Å². The third-order valence-electron chi connectivity index (χ3n) is 3.78. The molecule has 3 heteroatoms. The molecule has 1 heterocycles. The molecule has 114 valence electrons. The van der Waals surface area contributed by atoms with Crippen molar-refractivity contribution in [1.29, 1.82) is 0 Å². The van der Waals surface area contributed by atoms with Gasteiger partial charge in [0.2, 0.25) is 0 Å². The van der Waals surface area contributed by atoms with Gasteiger partial charge in [0.15, 0.2) is 0 Å². The van der Waals surface area contributed by atoms with Gasteiger partial charge in [-0.2, -0.15) is 0 Å². The number of aldehydes is 1. The zero-order valence-corrected chi connectivity index (χ0v) is 12.7. The van der Waals surface area contributed by atoms with E-state index in [1.165, 1.54) is 0 Å². The summed E-state index contributed by atoms with van der Waals surface area (Å²) >= 11 is 0. The Bertz CT molecular complexity index is 757. The van der Waals surface area contributed by atoms with Crippen molar-refractivity contribution < 1.29 is 4.79 Å². The summed E-state index contributed by atoms with van der Waals surface area (Å²) in [5.74, 6) is -0.190. The van der Waals surface area contributed by atoms with Crippen LogP contribution in [0.25, 0.3) is 0 Å². The van der Waals surface area contributed by atoms with Gasteiger partial charge in [-0.3, -0.25) is 4.98 Å². The molecule has 23 heavy (non-hydrogen) atoms. The number of hydrogen-bond acceptors (Lipinski definition) is 3. The third-order valence-corrected chi connectivity index (χ3v) is 3.78. The Labute approximate surface area is 136 Å². The van der Waals surface area contributed by atoms with Gasteiger partial charge >= 0.3 is 0 Å². The van der Waals surface area contributed by atoms with Crippen LogP contribution in [0.5, 0.6) is 0 Å². The molecule has 0 saturated carbocycles. The Morgan fingerprint density at radius 1 is 0.913 bits per heavy atom. The van der Waals surface area contributed by atoms with E-state index in [2.05, 4.69) is 10.3 Å². The lowest BCUT2D eigenvalue weighted by Crippen LogP contribution is -2.07. The number of carbonyl (C=O) groups is 1. The standard InChI is InChI=1S/C20H18N2O/c23-15-17(14-16-10-12-21-13-11-16)19-8-4-5-9-20(19)22-18-6-2-1-3-7-18/h1-13,15,17,22H,14H2. The average molecular weight is 302 g/mol. The maximum atomic E-state index is 11.7. The molecule has 1 atom stereocenters. The zero-order chi connectivity index (χ0) is 15.9. The molecule has 1 aromatic heterocycles. The molecule has 3 rings (SSSR count). The number of para-hydroxylation sites is 2. The molecule has 0 aliphatic carbocycles. The second-order valence-electron chi connectivity index (χ2n) is 5.38. The molecule has 3 nitrogen and oxygen atoms in total. The van der Waals surface area contributed by atoms with E-state index in [1.54, 1.807) is 12.4 Å².